The molecular weight excluding hydrogens is 308 g/mol. The van der Waals surface area contributed by atoms with Crippen molar-refractivity contribution in [3.63, 3.8) is 0 Å². The van der Waals surface area contributed by atoms with Crippen LogP contribution in [-0.2, 0) is 6.54 Å². The molecule has 5 heteroatoms. The van der Waals surface area contributed by atoms with Crippen LogP contribution in [0.1, 0.15) is 24.8 Å². The zero-order valence-electron chi connectivity index (χ0n) is 13.7. The van der Waals surface area contributed by atoms with Gasteiger partial charge in [-0.1, -0.05) is 17.7 Å². The topological polar surface area (TPSA) is 33.1 Å². The molecule has 1 aromatic carbocycles. The van der Waals surface area contributed by atoms with Gasteiger partial charge in [0, 0.05) is 48.8 Å². The van der Waals surface area contributed by atoms with E-state index in [2.05, 4.69) is 33.5 Å². The zero-order chi connectivity index (χ0) is 16.1. The summed E-state index contributed by atoms with van der Waals surface area (Å²) in [5, 5.41) is 8.77. The molecule has 2 heterocycles. The van der Waals surface area contributed by atoms with Gasteiger partial charge in [-0.3, -0.25) is 4.68 Å². The van der Waals surface area contributed by atoms with E-state index < -0.39 is 0 Å². The van der Waals surface area contributed by atoms with Crippen LogP contribution in [0, 0.1) is 6.92 Å². The van der Waals surface area contributed by atoms with Gasteiger partial charge in [0.25, 0.3) is 0 Å². The Balaban J connectivity index is 1.39. The van der Waals surface area contributed by atoms with E-state index in [-0.39, 0.29) is 0 Å². The van der Waals surface area contributed by atoms with Crippen LogP contribution < -0.4 is 10.2 Å². The van der Waals surface area contributed by atoms with Gasteiger partial charge in [-0.05, 0) is 56.5 Å². The molecule has 0 atom stereocenters. The maximum absolute atomic E-state index is 6.24. The Hall–Kier alpha value is -1.52. The molecule has 23 heavy (non-hydrogen) atoms. The molecule has 2 aromatic rings. The Kier molecular flexibility index (Phi) is 5.57. The Morgan fingerprint density at radius 3 is 2.83 bits per heavy atom. The molecule has 1 N–H and O–H groups in total. The summed E-state index contributed by atoms with van der Waals surface area (Å²) in [6.07, 6.45) is 7.35. The first-order valence-electron chi connectivity index (χ1n) is 8.44. The summed E-state index contributed by atoms with van der Waals surface area (Å²) in [4.78, 5) is 2.44. The fraction of sp³-hybridized carbons (Fsp3) is 0.500. The minimum absolute atomic E-state index is 0.629. The highest BCUT2D eigenvalue weighted by Gasteiger charge is 2.19. The van der Waals surface area contributed by atoms with Crippen molar-refractivity contribution in [3.8, 4) is 0 Å². The third-order valence-electron chi connectivity index (χ3n) is 4.57. The van der Waals surface area contributed by atoms with E-state index in [0.29, 0.717) is 6.04 Å². The summed E-state index contributed by atoms with van der Waals surface area (Å²) in [6, 6.07) is 8.98. The van der Waals surface area contributed by atoms with Crippen molar-refractivity contribution in [3.05, 3.63) is 47.2 Å². The second kappa shape index (κ2) is 7.84. The van der Waals surface area contributed by atoms with Crippen molar-refractivity contribution in [2.45, 2.75) is 38.8 Å². The van der Waals surface area contributed by atoms with Crippen molar-refractivity contribution < 1.29 is 0 Å². The number of benzene rings is 1. The normalized spacial score (nSPS) is 16.0. The first kappa shape index (κ1) is 16.3. The summed E-state index contributed by atoms with van der Waals surface area (Å²) in [6.45, 7) is 6.28. The van der Waals surface area contributed by atoms with Crippen molar-refractivity contribution in [1.82, 2.24) is 15.1 Å². The summed E-state index contributed by atoms with van der Waals surface area (Å²) in [5.74, 6) is 0. The van der Waals surface area contributed by atoms with Gasteiger partial charge in [0.05, 0.1) is 0 Å². The smallest absolute Gasteiger partial charge is 0.0489 e. The summed E-state index contributed by atoms with van der Waals surface area (Å²) in [5.41, 5.74) is 2.39. The first-order chi connectivity index (χ1) is 11.2. The van der Waals surface area contributed by atoms with Gasteiger partial charge in [-0.15, -0.1) is 0 Å². The van der Waals surface area contributed by atoms with E-state index in [1.807, 2.05) is 30.1 Å². The van der Waals surface area contributed by atoms with E-state index in [1.165, 1.54) is 18.5 Å². The number of rotatable bonds is 6. The zero-order valence-corrected chi connectivity index (χ0v) is 14.5. The van der Waals surface area contributed by atoms with Crippen LogP contribution in [0.4, 0.5) is 5.69 Å². The number of halogens is 1. The average molecular weight is 333 g/mol. The Labute approximate surface area is 143 Å². The average Bonchev–Trinajstić information content (AvgIpc) is 3.08. The molecule has 0 amide bonds. The second-order valence-electron chi connectivity index (χ2n) is 6.27. The molecular formula is C18H25ClN4. The maximum atomic E-state index is 6.24. The second-order valence-corrected chi connectivity index (χ2v) is 6.68. The molecule has 0 unspecified atom stereocenters. The lowest BCUT2D eigenvalue weighted by molar-refractivity contribution is 0.404. The number of aromatic nitrogens is 2. The maximum Gasteiger partial charge on any atom is 0.0489 e. The Bertz CT molecular complexity index is 603. The third kappa shape index (κ3) is 4.49. The lowest BCUT2D eigenvalue weighted by atomic mass is 10.0. The van der Waals surface area contributed by atoms with Crippen molar-refractivity contribution >= 4 is 17.3 Å². The fourth-order valence-electron chi connectivity index (χ4n) is 3.10. The van der Waals surface area contributed by atoms with Crippen LogP contribution in [0.3, 0.4) is 0 Å². The molecule has 0 spiro atoms. The van der Waals surface area contributed by atoms with E-state index in [0.717, 1.165) is 43.2 Å². The van der Waals surface area contributed by atoms with Gasteiger partial charge in [0.15, 0.2) is 0 Å². The van der Waals surface area contributed by atoms with Crippen LogP contribution in [0.15, 0.2) is 36.7 Å². The van der Waals surface area contributed by atoms with Gasteiger partial charge in [-0.2, -0.15) is 5.10 Å². The number of piperidine rings is 1. The largest absolute Gasteiger partial charge is 0.371 e. The first-order valence-corrected chi connectivity index (χ1v) is 8.82. The quantitative estimate of drug-likeness (QED) is 0.822. The molecule has 1 aromatic heterocycles. The molecule has 0 bridgehead atoms. The van der Waals surface area contributed by atoms with E-state index in [1.54, 1.807) is 0 Å². The van der Waals surface area contributed by atoms with Gasteiger partial charge >= 0.3 is 0 Å². The number of aryl methyl sites for hydroxylation is 2. The molecule has 124 valence electrons. The van der Waals surface area contributed by atoms with Crippen molar-refractivity contribution in [1.29, 1.82) is 0 Å². The Morgan fingerprint density at radius 2 is 2.13 bits per heavy atom. The van der Waals surface area contributed by atoms with Crippen LogP contribution in [0.25, 0.3) is 0 Å². The van der Waals surface area contributed by atoms with Crippen LogP contribution >= 0.6 is 11.6 Å². The summed E-state index contributed by atoms with van der Waals surface area (Å²) in [7, 11) is 0. The van der Waals surface area contributed by atoms with Gasteiger partial charge in [-0.25, -0.2) is 0 Å². The van der Waals surface area contributed by atoms with Gasteiger partial charge < -0.3 is 10.2 Å². The number of anilines is 1. The predicted molar refractivity (Wildman–Crippen MR) is 96.3 cm³/mol. The summed E-state index contributed by atoms with van der Waals surface area (Å²) >= 11 is 6.24. The molecule has 1 aliphatic heterocycles. The molecule has 1 saturated heterocycles. The third-order valence-corrected chi connectivity index (χ3v) is 4.98. The summed E-state index contributed by atoms with van der Waals surface area (Å²) < 4.78 is 1.99. The van der Waals surface area contributed by atoms with Crippen LogP contribution in [-0.4, -0.2) is 35.5 Å². The highest BCUT2D eigenvalue weighted by Crippen LogP contribution is 2.25. The molecule has 1 fully saturated rings. The minimum Gasteiger partial charge on any atom is -0.371 e. The highest BCUT2D eigenvalue weighted by molar-refractivity contribution is 6.31. The van der Waals surface area contributed by atoms with Gasteiger partial charge in [0.1, 0.15) is 0 Å². The lowest BCUT2D eigenvalue weighted by Crippen LogP contribution is -2.43. The predicted octanol–water partition coefficient (Wildman–Crippen LogP) is 3.49. The molecule has 0 saturated carbocycles. The number of nitrogens with zero attached hydrogens (tertiary/aromatic N) is 3. The minimum atomic E-state index is 0.629. The van der Waals surface area contributed by atoms with E-state index in [4.69, 9.17) is 11.6 Å². The van der Waals surface area contributed by atoms with Crippen molar-refractivity contribution in [2.75, 3.05) is 24.5 Å². The number of nitrogens with one attached hydrogen (secondary N) is 1. The molecule has 3 rings (SSSR count). The Morgan fingerprint density at radius 1 is 1.30 bits per heavy atom. The molecule has 0 radical (unpaired) electrons. The fourth-order valence-corrected chi connectivity index (χ4v) is 3.28. The van der Waals surface area contributed by atoms with Crippen LogP contribution in [0.5, 0.6) is 0 Å². The van der Waals surface area contributed by atoms with Crippen molar-refractivity contribution in [2.24, 2.45) is 0 Å². The van der Waals surface area contributed by atoms with E-state index in [9.17, 15) is 0 Å². The number of hydrogen-bond donors (Lipinski definition) is 1. The molecule has 1 aliphatic rings. The highest BCUT2D eigenvalue weighted by atomic mass is 35.5. The monoisotopic (exact) mass is 332 g/mol. The molecule has 0 aliphatic carbocycles. The standard InChI is InChI=1S/C18H25ClN4/c1-15-4-5-17(14-18(15)19)22-12-6-16(7-13-22)20-8-2-10-23-11-3-9-21-23/h3-5,9,11,14,16,20H,2,6-8,10,12-13H2,1H3. The van der Waals surface area contributed by atoms with E-state index >= 15 is 0 Å². The van der Waals surface area contributed by atoms with Gasteiger partial charge in [0.2, 0.25) is 0 Å². The number of hydrogen-bond acceptors (Lipinski definition) is 3. The lowest BCUT2D eigenvalue weighted by Gasteiger charge is -2.34. The van der Waals surface area contributed by atoms with Crippen LogP contribution in [0.2, 0.25) is 5.02 Å². The SMILES string of the molecule is Cc1ccc(N2CCC(NCCCn3cccn3)CC2)cc1Cl. The molecule has 4 nitrogen and oxygen atoms in total.